The second-order valence-corrected chi connectivity index (χ2v) is 5.04. The number of halogens is 1. The number of hydrogen-bond donors (Lipinski definition) is 1. The van der Waals surface area contributed by atoms with Crippen molar-refractivity contribution < 1.29 is 4.39 Å². The molecule has 0 saturated heterocycles. The van der Waals surface area contributed by atoms with E-state index in [-0.39, 0.29) is 11.9 Å². The first-order valence-electron chi connectivity index (χ1n) is 7.04. The highest BCUT2D eigenvalue weighted by molar-refractivity contribution is 5.35. The number of aromatic nitrogens is 4. The van der Waals surface area contributed by atoms with Gasteiger partial charge in [0.1, 0.15) is 12.1 Å². The molecule has 3 rings (SSSR count). The maximum absolute atomic E-state index is 13.6. The van der Waals surface area contributed by atoms with Gasteiger partial charge in [0.2, 0.25) is 0 Å². The molecule has 1 unspecified atom stereocenters. The van der Waals surface area contributed by atoms with Crippen LogP contribution in [0, 0.1) is 5.82 Å². The normalized spacial score (nSPS) is 12.3. The summed E-state index contributed by atoms with van der Waals surface area (Å²) in [6, 6.07) is 14.8. The van der Waals surface area contributed by atoms with Crippen LogP contribution in [0.3, 0.4) is 0 Å². The van der Waals surface area contributed by atoms with Crippen molar-refractivity contribution in [2.45, 2.75) is 19.5 Å². The van der Waals surface area contributed by atoms with Gasteiger partial charge < -0.3 is 5.32 Å². The van der Waals surface area contributed by atoms with E-state index < -0.39 is 0 Å². The monoisotopic (exact) mass is 297 g/mol. The third kappa shape index (κ3) is 3.17. The van der Waals surface area contributed by atoms with Gasteiger partial charge in [-0.05, 0) is 41.1 Å². The van der Waals surface area contributed by atoms with Crippen LogP contribution in [-0.2, 0) is 6.54 Å². The summed E-state index contributed by atoms with van der Waals surface area (Å²) in [6.07, 6.45) is 1.55. The molecule has 0 amide bonds. The van der Waals surface area contributed by atoms with E-state index in [1.807, 2.05) is 37.3 Å². The molecule has 3 aromatic rings. The molecule has 1 heterocycles. The minimum atomic E-state index is -0.190. The maximum Gasteiger partial charge on any atom is 0.143 e. The Morgan fingerprint density at radius 3 is 2.82 bits per heavy atom. The van der Waals surface area contributed by atoms with Crippen molar-refractivity contribution in [3.05, 3.63) is 71.8 Å². The van der Waals surface area contributed by atoms with Gasteiger partial charge in [0.25, 0.3) is 0 Å². The van der Waals surface area contributed by atoms with Crippen LogP contribution in [0.25, 0.3) is 5.69 Å². The van der Waals surface area contributed by atoms with Crippen LogP contribution in [0.1, 0.15) is 24.1 Å². The third-order valence-corrected chi connectivity index (χ3v) is 3.54. The van der Waals surface area contributed by atoms with E-state index in [9.17, 15) is 4.39 Å². The molecule has 0 aliphatic heterocycles. The summed E-state index contributed by atoms with van der Waals surface area (Å²) in [7, 11) is 0. The van der Waals surface area contributed by atoms with Gasteiger partial charge in [0.05, 0.1) is 5.69 Å². The van der Waals surface area contributed by atoms with Crippen molar-refractivity contribution in [3.8, 4) is 5.69 Å². The molecule has 0 fully saturated rings. The molecule has 22 heavy (non-hydrogen) atoms. The molecule has 5 nitrogen and oxygen atoms in total. The van der Waals surface area contributed by atoms with Crippen molar-refractivity contribution >= 4 is 0 Å². The van der Waals surface area contributed by atoms with Gasteiger partial charge in [-0.15, -0.1) is 5.10 Å². The molecule has 0 aliphatic rings. The number of hydrogen-bond acceptors (Lipinski definition) is 4. The molecule has 0 bridgehead atoms. The summed E-state index contributed by atoms with van der Waals surface area (Å²) in [5.41, 5.74) is 2.64. The minimum absolute atomic E-state index is 0.0797. The van der Waals surface area contributed by atoms with Gasteiger partial charge in [-0.25, -0.2) is 9.07 Å². The summed E-state index contributed by atoms with van der Waals surface area (Å²) in [6.45, 7) is 2.52. The van der Waals surface area contributed by atoms with Crippen molar-refractivity contribution in [1.29, 1.82) is 0 Å². The molecule has 1 atom stereocenters. The number of benzene rings is 2. The maximum atomic E-state index is 13.6. The van der Waals surface area contributed by atoms with Gasteiger partial charge in [0, 0.05) is 18.2 Å². The SMILES string of the molecule is CC(NCc1ccccc1F)c1cccc(-n2cnnn2)c1. The molecule has 0 radical (unpaired) electrons. The molecule has 0 aliphatic carbocycles. The lowest BCUT2D eigenvalue weighted by atomic mass is 10.1. The van der Waals surface area contributed by atoms with Gasteiger partial charge in [-0.1, -0.05) is 30.3 Å². The fourth-order valence-electron chi connectivity index (χ4n) is 2.24. The van der Waals surface area contributed by atoms with E-state index in [1.54, 1.807) is 23.1 Å². The zero-order valence-electron chi connectivity index (χ0n) is 12.1. The molecule has 112 valence electrons. The quantitative estimate of drug-likeness (QED) is 0.786. The van der Waals surface area contributed by atoms with Crippen LogP contribution in [0.2, 0.25) is 0 Å². The summed E-state index contributed by atoms with van der Waals surface area (Å²) in [4.78, 5) is 0. The smallest absolute Gasteiger partial charge is 0.143 e. The average Bonchev–Trinajstić information content (AvgIpc) is 3.08. The summed E-state index contributed by atoms with van der Waals surface area (Å²) < 4.78 is 15.2. The van der Waals surface area contributed by atoms with Crippen LogP contribution in [-0.4, -0.2) is 20.2 Å². The Morgan fingerprint density at radius 2 is 2.05 bits per heavy atom. The second kappa shape index (κ2) is 6.44. The van der Waals surface area contributed by atoms with Crippen LogP contribution in [0.4, 0.5) is 4.39 Å². The second-order valence-electron chi connectivity index (χ2n) is 5.04. The largest absolute Gasteiger partial charge is 0.306 e. The average molecular weight is 297 g/mol. The van der Waals surface area contributed by atoms with Crippen molar-refractivity contribution in [2.24, 2.45) is 0 Å². The number of tetrazole rings is 1. The highest BCUT2D eigenvalue weighted by Gasteiger charge is 2.08. The molecular weight excluding hydrogens is 281 g/mol. The molecular formula is C16H16FN5. The van der Waals surface area contributed by atoms with Crippen LogP contribution < -0.4 is 5.32 Å². The van der Waals surface area contributed by atoms with Gasteiger partial charge >= 0.3 is 0 Å². The van der Waals surface area contributed by atoms with Crippen LogP contribution in [0.15, 0.2) is 54.9 Å². The molecule has 0 saturated carbocycles. The Labute approximate surface area is 127 Å². The van der Waals surface area contributed by atoms with Crippen LogP contribution in [0.5, 0.6) is 0 Å². The fraction of sp³-hybridized carbons (Fsp3) is 0.188. The number of nitrogens with zero attached hydrogens (tertiary/aromatic N) is 4. The van der Waals surface area contributed by atoms with Crippen molar-refractivity contribution in [2.75, 3.05) is 0 Å². The number of nitrogens with one attached hydrogen (secondary N) is 1. The Balaban J connectivity index is 1.71. The van der Waals surface area contributed by atoms with E-state index in [0.717, 1.165) is 11.3 Å². The van der Waals surface area contributed by atoms with Crippen molar-refractivity contribution in [1.82, 2.24) is 25.5 Å². The topological polar surface area (TPSA) is 55.6 Å². The predicted molar refractivity (Wildman–Crippen MR) is 80.8 cm³/mol. The van der Waals surface area contributed by atoms with Crippen molar-refractivity contribution in [3.63, 3.8) is 0 Å². The fourth-order valence-corrected chi connectivity index (χ4v) is 2.24. The lowest BCUT2D eigenvalue weighted by molar-refractivity contribution is 0.544. The minimum Gasteiger partial charge on any atom is -0.306 e. The lowest BCUT2D eigenvalue weighted by Gasteiger charge is -2.15. The van der Waals surface area contributed by atoms with Gasteiger partial charge in [-0.3, -0.25) is 0 Å². The standard InChI is InChI=1S/C16H16FN5/c1-12(18-10-14-5-2-3-8-16(14)17)13-6-4-7-15(9-13)22-11-19-20-21-22/h2-9,11-12,18H,10H2,1H3. The molecule has 1 N–H and O–H groups in total. The predicted octanol–water partition coefficient (Wildman–Crippen LogP) is 2.65. The molecule has 1 aromatic heterocycles. The van der Waals surface area contributed by atoms with E-state index in [2.05, 4.69) is 20.8 Å². The summed E-state index contributed by atoms with van der Waals surface area (Å²) >= 11 is 0. The van der Waals surface area contributed by atoms with Gasteiger partial charge in [-0.2, -0.15) is 0 Å². The Hall–Kier alpha value is -2.60. The summed E-state index contributed by atoms with van der Waals surface area (Å²) in [5.74, 6) is -0.190. The highest BCUT2D eigenvalue weighted by Crippen LogP contribution is 2.17. The Bertz CT molecular complexity index is 742. The van der Waals surface area contributed by atoms with Crippen LogP contribution >= 0.6 is 0 Å². The van der Waals surface area contributed by atoms with E-state index in [1.165, 1.54) is 6.07 Å². The van der Waals surface area contributed by atoms with Gasteiger partial charge in [0.15, 0.2) is 0 Å². The first-order valence-corrected chi connectivity index (χ1v) is 7.04. The number of rotatable bonds is 5. The Kier molecular flexibility index (Phi) is 4.20. The Morgan fingerprint density at radius 1 is 1.18 bits per heavy atom. The summed E-state index contributed by atoms with van der Waals surface area (Å²) in [5, 5.41) is 14.5. The zero-order chi connectivity index (χ0) is 15.4. The van der Waals surface area contributed by atoms with E-state index >= 15 is 0 Å². The first kappa shape index (κ1) is 14.3. The molecule has 0 spiro atoms. The molecule has 6 heteroatoms. The highest BCUT2D eigenvalue weighted by atomic mass is 19.1. The molecule has 2 aromatic carbocycles. The third-order valence-electron chi connectivity index (χ3n) is 3.54. The van der Waals surface area contributed by atoms with E-state index in [4.69, 9.17) is 0 Å². The zero-order valence-corrected chi connectivity index (χ0v) is 12.1. The lowest BCUT2D eigenvalue weighted by Crippen LogP contribution is -2.19. The first-order chi connectivity index (χ1) is 10.7. The van der Waals surface area contributed by atoms with E-state index in [0.29, 0.717) is 12.1 Å².